The van der Waals surface area contributed by atoms with Crippen molar-refractivity contribution in [3.05, 3.63) is 84.1 Å². The van der Waals surface area contributed by atoms with Crippen molar-refractivity contribution in [1.29, 1.82) is 0 Å². The molecule has 0 saturated carbocycles. The van der Waals surface area contributed by atoms with Crippen molar-refractivity contribution in [3.63, 3.8) is 0 Å². The van der Waals surface area contributed by atoms with Gasteiger partial charge in [-0.15, -0.1) is 0 Å². The quantitative estimate of drug-likeness (QED) is 0.249. The van der Waals surface area contributed by atoms with Gasteiger partial charge in [-0.3, -0.25) is 0 Å². The molecule has 0 bridgehead atoms. The Balaban J connectivity index is 1.71. The molecule has 2 heterocycles. The molecule has 4 aromatic rings. The molecule has 0 fully saturated rings. The van der Waals surface area contributed by atoms with Crippen molar-refractivity contribution < 1.29 is 24.4 Å². The molecular weight excluding hydrogens is 438 g/mol. The Morgan fingerprint density at radius 2 is 1.24 bits per heavy atom. The summed E-state index contributed by atoms with van der Waals surface area (Å²) >= 11 is 0. The van der Waals surface area contributed by atoms with E-state index in [0.717, 1.165) is 5.82 Å². The molecule has 0 aliphatic carbocycles. The maximum atomic E-state index is 11.1. The highest BCUT2D eigenvalue weighted by Crippen LogP contribution is 2.19. The van der Waals surface area contributed by atoms with Crippen molar-refractivity contribution in [2.45, 2.75) is 0 Å². The van der Waals surface area contributed by atoms with Crippen LogP contribution in [0.2, 0.25) is 0 Å². The Hall–Kier alpha value is -5.06. The molecule has 5 N–H and O–H groups in total. The first-order chi connectivity index (χ1) is 16.4. The number of rotatable bonds is 8. The van der Waals surface area contributed by atoms with Gasteiger partial charge in [0.05, 0.1) is 17.3 Å². The second-order valence-corrected chi connectivity index (χ2v) is 7.00. The van der Waals surface area contributed by atoms with Crippen LogP contribution in [0.15, 0.2) is 72.9 Å². The Labute approximate surface area is 193 Å². The number of aromatic nitrogens is 4. The molecule has 4 rings (SSSR count). The number of carboxylic acids is 2. The number of anilines is 5. The van der Waals surface area contributed by atoms with E-state index in [1.807, 2.05) is 18.2 Å². The summed E-state index contributed by atoms with van der Waals surface area (Å²) in [6, 6.07) is 17.9. The van der Waals surface area contributed by atoms with Gasteiger partial charge in [0.25, 0.3) is 11.9 Å². The molecular formula is C23H20N7O4+. The van der Waals surface area contributed by atoms with E-state index in [4.69, 9.17) is 10.2 Å². The van der Waals surface area contributed by atoms with Crippen LogP contribution in [0.1, 0.15) is 20.7 Å². The van der Waals surface area contributed by atoms with Gasteiger partial charge in [-0.2, -0.15) is 9.55 Å². The van der Waals surface area contributed by atoms with Crippen molar-refractivity contribution in [1.82, 2.24) is 15.0 Å². The third-order valence-corrected chi connectivity index (χ3v) is 4.73. The van der Waals surface area contributed by atoms with E-state index in [0.29, 0.717) is 17.3 Å². The Morgan fingerprint density at radius 3 is 1.68 bits per heavy atom. The molecule has 0 radical (unpaired) electrons. The summed E-state index contributed by atoms with van der Waals surface area (Å²) in [5, 5.41) is 27.4. The van der Waals surface area contributed by atoms with Crippen molar-refractivity contribution >= 4 is 41.0 Å². The van der Waals surface area contributed by atoms with Crippen LogP contribution in [0.3, 0.4) is 0 Å². The predicted octanol–water partition coefficient (Wildman–Crippen LogP) is 3.07. The van der Waals surface area contributed by atoms with Gasteiger partial charge in [-0.1, -0.05) is 16.0 Å². The van der Waals surface area contributed by atoms with Gasteiger partial charge in [0, 0.05) is 24.5 Å². The summed E-state index contributed by atoms with van der Waals surface area (Å²) in [6.07, 6.45) is 1.79. The lowest BCUT2D eigenvalue weighted by atomic mass is 10.2. The summed E-state index contributed by atoms with van der Waals surface area (Å²) in [4.78, 5) is 35.6. The predicted molar refractivity (Wildman–Crippen MR) is 124 cm³/mol. The number of nitrogens with zero attached hydrogens (tertiary/aromatic N) is 4. The smallest absolute Gasteiger partial charge is 0.396 e. The van der Waals surface area contributed by atoms with Crippen LogP contribution in [0.5, 0.6) is 0 Å². The number of carbonyl (C=O) groups is 2. The normalized spacial score (nSPS) is 10.4. The molecule has 0 aliphatic heterocycles. The molecule has 170 valence electrons. The molecule has 0 spiro atoms. The second-order valence-electron chi connectivity index (χ2n) is 7.00. The largest absolute Gasteiger partial charge is 0.478 e. The molecule has 2 aromatic heterocycles. The Kier molecular flexibility index (Phi) is 6.26. The van der Waals surface area contributed by atoms with E-state index in [2.05, 4.69) is 30.9 Å². The van der Waals surface area contributed by atoms with E-state index in [-0.39, 0.29) is 23.0 Å². The zero-order valence-electron chi connectivity index (χ0n) is 17.9. The summed E-state index contributed by atoms with van der Waals surface area (Å²) < 4.78 is 1.74. The highest BCUT2D eigenvalue weighted by molar-refractivity contribution is 5.88. The van der Waals surface area contributed by atoms with Gasteiger partial charge in [-0.25, -0.2) is 9.59 Å². The van der Waals surface area contributed by atoms with Crippen LogP contribution in [0.4, 0.5) is 29.1 Å². The number of aromatic carboxylic acids is 2. The van der Waals surface area contributed by atoms with Crippen LogP contribution in [0.25, 0.3) is 5.95 Å². The van der Waals surface area contributed by atoms with Crippen molar-refractivity contribution in [2.24, 2.45) is 0 Å². The highest BCUT2D eigenvalue weighted by Gasteiger charge is 2.18. The average Bonchev–Trinajstić information content (AvgIpc) is 2.84. The highest BCUT2D eigenvalue weighted by atomic mass is 16.4. The SMILES string of the molecule is CNc1cccc[n+]1-c1nc(Nc2ccc(C(=O)O)cc2)nc(Nc2ccc(C(=O)O)cc2)n1. The maximum absolute atomic E-state index is 11.1. The minimum Gasteiger partial charge on any atom is -0.478 e. The number of benzene rings is 2. The standard InChI is InChI=1S/C23H19N7O4/c1-24-18-4-2-3-13-30(18)23-28-21(25-16-9-5-14(6-10-16)19(31)32)27-22(29-23)26-17-11-7-15(8-12-17)20(33)34/h2-13H,1H3,(H4,25,26,27,28,29,31,32,33,34)/p+1. The molecule has 11 nitrogen and oxygen atoms in total. The van der Waals surface area contributed by atoms with E-state index in [1.54, 1.807) is 42.1 Å². The Morgan fingerprint density at radius 1 is 0.735 bits per heavy atom. The molecule has 0 saturated heterocycles. The lowest BCUT2D eigenvalue weighted by Crippen LogP contribution is -2.36. The van der Waals surface area contributed by atoms with Gasteiger partial charge in [0.15, 0.2) is 5.82 Å². The van der Waals surface area contributed by atoms with Gasteiger partial charge in [0.1, 0.15) is 0 Å². The number of nitrogens with one attached hydrogen (secondary N) is 3. The topological polar surface area (TPSA) is 153 Å². The zero-order valence-corrected chi connectivity index (χ0v) is 17.9. The minimum atomic E-state index is -1.02. The van der Waals surface area contributed by atoms with Crippen LogP contribution in [0, 0.1) is 0 Å². The van der Waals surface area contributed by atoms with Crippen LogP contribution in [-0.2, 0) is 0 Å². The van der Waals surface area contributed by atoms with E-state index in [9.17, 15) is 9.59 Å². The van der Waals surface area contributed by atoms with E-state index >= 15 is 0 Å². The molecule has 0 amide bonds. The third-order valence-electron chi connectivity index (χ3n) is 4.73. The molecule has 11 heteroatoms. The Bertz CT molecular complexity index is 1260. The first-order valence-corrected chi connectivity index (χ1v) is 10.1. The summed E-state index contributed by atoms with van der Waals surface area (Å²) in [5.74, 6) is -0.548. The number of hydrogen-bond donors (Lipinski definition) is 5. The summed E-state index contributed by atoms with van der Waals surface area (Å²) in [7, 11) is 1.78. The van der Waals surface area contributed by atoms with Gasteiger partial charge < -0.3 is 26.2 Å². The second kappa shape index (κ2) is 9.61. The molecule has 0 aliphatic rings. The fraction of sp³-hybridized carbons (Fsp3) is 0.0435. The van der Waals surface area contributed by atoms with E-state index < -0.39 is 11.9 Å². The fourth-order valence-corrected chi connectivity index (χ4v) is 3.06. The lowest BCUT2D eigenvalue weighted by Gasteiger charge is -2.09. The van der Waals surface area contributed by atoms with Crippen molar-refractivity contribution in [2.75, 3.05) is 23.0 Å². The maximum Gasteiger partial charge on any atom is 0.396 e. The van der Waals surface area contributed by atoms with Gasteiger partial charge in [0.2, 0.25) is 0 Å². The molecule has 2 aromatic carbocycles. The average molecular weight is 458 g/mol. The monoisotopic (exact) mass is 458 g/mol. The number of carboxylic acid groups (broad SMARTS) is 2. The lowest BCUT2D eigenvalue weighted by molar-refractivity contribution is -0.588. The molecule has 0 atom stereocenters. The van der Waals surface area contributed by atoms with Crippen LogP contribution < -0.4 is 20.5 Å². The first kappa shape index (κ1) is 22.1. The number of hydrogen-bond acceptors (Lipinski definition) is 8. The van der Waals surface area contributed by atoms with Gasteiger partial charge >= 0.3 is 17.9 Å². The van der Waals surface area contributed by atoms with E-state index in [1.165, 1.54) is 24.3 Å². The minimum absolute atomic E-state index is 0.160. The molecule has 0 unspecified atom stereocenters. The van der Waals surface area contributed by atoms with Gasteiger partial charge in [-0.05, 0) is 54.6 Å². The first-order valence-electron chi connectivity index (χ1n) is 10.1. The van der Waals surface area contributed by atoms with Crippen LogP contribution >= 0.6 is 0 Å². The molecule has 34 heavy (non-hydrogen) atoms. The fourth-order valence-electron chi connectivity index (χ4n) is 3.06. The van der Waals surface area contributed by atoms with Crippen LogP contribution in [-0.4, -0.2) is 44.2 Å². The number of pyridine rings is 1. The zero-order chi connectivity index (χ0) is 24.1. The summed E-state index contributed by atoms with van der Waals surface area (Å²) in [5.41, 5.74) is 1.50. The summed E-state index contributed by atoms with van der Waals surface area (Å²) in [6.45, 7) is 0. The van der Waals surface area contributed by atoms with Crippen molar-refractivity contribution in [3.8, 4) is 5.95 Å². The third kappa shape index (κ3) is 5.05.